The van der Waals surface area contributed by atoms with Gasteiger partial charge in [-0.15, -0.1) is 0 Å². The van der Waals surface area contributed by atoms with Crippen LogP contribution in [0.5, 0.6) is 0 Å². The Labute approximate surface area is 154 Å². The fourth-order valence-electron chi connectivity index (χ4n) is 3.75. The summed E-state index contributed by atoms with van der Waals surface area (Å²) in [4.78, 5) is 40.2. The van der Waals surface area contributed by atoms with Gasteiger partial charge in [-0.1, -0.05) is 18.2 Å². The van der Waals surface area contributed by atoms with Gasteiger partial charge in [0.05, 0.1) is 0 Å². The summed E-state index contributed by atoms with van der Waals surface area (Å²) in [7, 11) is 0. The number of aryl methyl sites for hydroxylation is 1. The number of hydrogen-bond acceptors (Lipinski definition) is 3. The Hall–Kier alpha value is -2.37. The lowest BCUT2D eigenvalue weighted by atomic mass is 10.1. The topological polar surface area (TPSA) is 69.7 Å². The lowest BCUT2D eigenvalue weighted by Gasteiger charge is -2.29. The van der Waals surface area contributed by atoms with Crippen molar-refractivity contribution >= 4 is 23.4 Å². The summed E-state index contributed by atoms with van der Waals surface area (Å²) in [5.74, 6) is 0.0551. The van der Waals surface area contributed by atoms with Gasteiger partial charge in [-0.05, 0) is 44.2 Å². The zero-order valence-electron chi connectivity index (χ0n) is 15.4. The van der Waals surface area contributed by atoms with Crippen molar-refractivity contribution in [2.75, 3.05) is 24.5 Å². The first-order chi connectivity index (χ1) is 12.6. The Morgan fingerprint density at radius 3 is 2.65 bits per heavy atom. The number of benzene rings is 1. The highest BCUT2D eigenvalue weighted by molar-refractivity contribution is 6.01. The fraction of sp³-hybridized carbons (Fsp3) is 0.550. The van der Waals surface area contributed by atoms with Crippen LogP contribution >= 0.6 is 0 Å². The molecule has 0 radical (unpaired) electrons. The Bertz CT molecular complexity index is 689. The van der Waals surface area contributed by atoms with E-state index in [1.54, 1.807) is 11.8 Å². The molecule has 0 aliphatic carbocycles. The predicted molar refractivity (Wildman–Crippen MR) is 99.8 cm³/mol. The van der Waals surface area contributed by atoms with Crippen molar-refractivity contribution in [2.45, 2.75) is 51.5 Å². The molecule has 6 heteroatoms. The van der Waals surface area contributed by atoms with Crippen LogP contribution in [0.25, 0.3) is 0 Å². The number of amides is 3. The van der Waals surface area contributed by atoms with E-state index in [4.69, 9.17) is 0 Å². The third kappa shape index (κ3) is 4.06. The lowest BCUT2D eigenvalue weighted by molar-refractivity contribution is -0.127. The molecule has 1 N–H and O–H groups in total. The average molecular weight is 357 g/mol. The van der Waals surface area contributed by atoms with E-state index in [0.29, 0.717) is 25.9 Å². The molecule has 1 aromatic rings. The Morgan fingerprint density at radius 1 is 1.12 bits per heavy atom. The van der Waals surface area contributed by atoms with E-state index in [0.717, 1.165) is 43.5 Å². The molecule has 1 atom stereocenters. The van der Waals surface area contributed by atoms with Crippen molar-refractivity contribution in [3.05, 3.63) is 29.8 Å². The molecule has 6 nitrogen and oxygen atoms in total. The first-order valence-corrected chi connectivity index (χ1v) is 9.53. The Morgan fingerprint density at radius 2 is 1.88 bits per heavy atom. The van der Waals surface area contributed by atoms with E-state index in [9.17, 15) is 14.4 Å². The van der Waals surface area contributed by atoms with Crippen LogP contribution in [0.15, 0.2) is 24.3 Å². The smallest absolute Gasteiger partial charge is 0.242 e. The maximum absolute atomic E-state index is 12.6. The van der Waals surface area contributed by atoms with Gasteiger partial charge >= 0.3 is 0 Å². The van der Waals surface area contributed by atoms with Gasteiger partial charge in [0.15, 0.2) is 0 Å². The van der Waals surface area contributed by atoms with Crippen molar-refractivity contribution in [3.63, 3.8) is 0 Å². The monoisotopic (exact) mass is 357 g/mol. The molecule has 2 heterocycles. The number of nitrogens with zero attached hydrogens (tertiary/aromatic N) is 2. The molecule has 26 heavy (non-hydrogen) atoms. The van der Waals surface area contributed by atoms with Crippen LogP contribution in [0, 0.1) is 0 Å². The largest absolute Gasteiger partial charge is 0.354 e. The highest BCUT2D eigenvalue weighted by Crippen LogP contribution is 2.28. The second-order valence-corrected chi connectivity index (χ2v) is 7.05. The minimum Gasteiger partial charge on any atom is -0.354 e. The first kappa shape index (κ1) is 18.4. The van der Waals surface area contributed by atoms with E-state index >= 15 is 0 Å². The van der Waals surface area contributed by atoms with Crippen molar-refractivity contribution in [1.29, 1.82) is 0 Å². The number of para-hydroxylation sites is 1. The molecule has 0 bridgehead atoms. The van der Waals surface area contributed by atoms with E-state index in [-0.39, 0.29) is 17.7 Å². The number of nitrogens with one attached hydrogen (secondary N) is 1. The summed E-state index contributed by atoms with van der Waals surface area (Å²) in [6.07, 6.45) is 4.43. The predicted octanol–water partition coefficient (Wildman–Crippen LogP) is 1.87. The molecule has 1 aromatic carbocycles. The fourth-order valence-corrected chi connectivity index (χ4v) is 3.75. The van der Waals surface area contributed by atoms with Crippen LogP contribution in [0.4, 0.5) is 5.69 Å². The number of carbonyl (C=O) groups is 3. The van der Waals surface area contributed by atoms with Gasteiger partial charge in [-0.2, -0.15) is 0 Å². The molecular weight excluding hydrogens is 330 g/mol. The Balaban J connectivity index is 1.57. The summed E-state index contributed by atoms with van der Waals surface area (Å²) in [6, 6.07) is 7.27. The summed E-state index contributed by atoms with van der Waals surface area (Å²) in [5, 5.41) is 2.92. The number of rotatable bonds is 6. The molecule has 2 aliphatic heterocycles. The number of fused-ring (bicyclic) bond motifs is 1. The van der Waals surface area contributed by atoms with E-state index in [1.807, 2.05) is 29.2 Å². The quantitative estimate of drug-likeness (QED) is 0.790. The number of anilines is 1. The molecule has 1 fully saturated rings. The molecular formula is C20H27N3O3. The van der Waals surface area contributed by atoms with Crippen molar-refractivity contribution in [1.82, 2.24) is 10.2 Å². The van der Waals surface area contributed by atoms with E-state index in [2.05, 4.69) is 5.32 Å². The highest BCUT2D eigenvalue weighted by atomic mass is 16.2. The first-order valence-electron chi connectivity index (χ1n) is 9.53. The van der Waals surface area contributed by atoms with Gasteiger partial charge < -0.3 is 10.2 Å². The molecule has 2 aliphatic rings. The van der Waals surface area contributed by atoms with Crippen LogP contribution in [0.1, 0.15) is 44.6 Å². The maximum atomic E-state index is 12.6. The summed E-state index contributed by atoms with van der Waals surface area (Å²) >= 11 is 0. The van der Waals surface area contributed by atoms with Crippen molar-refractivity contribution in [3.8, 4) is 0 Å². The molecule has 3 rings (SSSR count). The van der Waals surface area contributed by atoms with Gasteiger partial charge in [-0.25, -0.2) is 0 Å². The van der Waals surface area contributed by atoms with Gasteiger partial charge in [0.1, 0.15) is 6.04 Å². The minimum absolute atomic E-state index is 0.000244. The van der Waals surface area contributed by atoms with Gasteiger partial charge in [0, 0.05) is 38.2 Å². The summed E-state index contributed by atoms with van der Waals surface area (Å²) in [6.45, 7) is 3.79. The maximum Gasteiger partial charge on any atom is 0.242 e. The summed E-state index contributed by atoms with van der Waals surface area (Å²) in [5.41, 5.74) is 1.96. The molecule has 0 spiro atoms. The molecule has 1 unspecified atom stereocenters. The number of likely N-dealkylation sites (tertiary alicyclic amines) is 1. The minimum atomic E-state index is -0.546. The second-order valence-electron chi connectivity index (χ2n) is 7.05. The lowest BCUT2D eigenvalue weighted by Crippen LogP contribution is -2.48. The van der Waals surface area contributed by atoms with Crippen LogP contribution in [0.2, 0.25) is 0 Å². The normalized spacial score (nSPS) is 18.5. The standard InChI is InChI=1S/C20H27N3O3/c1-15(20(26)21-12-6-14-22-13-5-11-18(22)24)23-17-9-3-2-7-16(17)8-4-10-19(23)25/h2-3,7,9,15H,4-6,8,10-14H2,1H3,(H,21,26). The van der Waals surface area contributed by atoms with Gasteiger partial charge in [-0.3, -0.25) is 19.3 Å². The van der Waals surface area contributed by atoms with E-state index in [1.165, 1.54) is 0 Å². The summed E-state index contributed by atoms with van der Waals surface area (Å²) < 4.78 is 0. The molecule has 0 aromatic heterocycles. The average Bonchev–Trinajstić information content (AvgIpc) is 2.96. The van der Waals surface area contributed by atoms with Crippen LogP contribution in [-0.4, -0.2) is 48.3 Å². The molecule has 3 amide bonds. The van der Waals surface area contributed by atoms with Crippen LogP contribution < -0.4 is 10.2 Å². The molecule has 140 valence electrons. The third-order valence-corrected chi connectivity index (χ3v) is 5.20. The third-order valence-electron chi connectivity index (χ3n) is 5.20. The van der Waals surface area contributed by atoms with Crippen molar-refractivity contribution < 1.29 is 14.4 Å². The van der Waals surface area contributed by atoms with Crippen LogP contribution in [0.3, 0.4) is 0 Å². The van der Waals surface area contributed by atoms with E-state index < -0.39 is 6.04 Å². The molecule has 0 saturated carbocycles. The van der Waals surface area contributed by atoms with Crippen molar-refractivity contribution in [2.24, 2.45) is 0 Å². The van der Waals surface area contributed by atoms with Gasteiger partial charge in [0.25, 0.3) is 0 Å². The zero-order chi connectivity index (χ0) is 18.5. The Kier molecular flexibility index (Phi) is 5.91. The SMILES string of the molecule is CC(C(=O)NCCCN1CCCC1=O)N1C(=O)CCCc2ccccc21. The number of carbonyl (C=O) groups excluding carboxylic acids is 3. The molecule has 1 saturated heterocycles. The zero-order valence-corrected chi connectivity index (χ0v) is 15.4. The van der Waals surface area contributed by atoms with Gasteiger partial charge in [0.2, 0.25) is 17.7 Å². The highest BCUT2D eigenvalue weighted by Gasteiger charge is 2.30. The van der Waals surface area contributed by atoms with Crippen LogP contribution in [-0.2, 0) is 20.8 Å². The second kappa shape index (κ2) is 8.34. The number of hydrogen-bond donors (Lipinski definition) is 1.